The quantitative estimate of drug-likeness (QED) is 0.331. The molecule has 0 aromatic carbocycles. The fourth-order valence-corrected chi connectivity index (χ4v) is 0.737. The van der Waals surface area contributed by atoms with Crippen molar-refractivity contribution in [3.05, 3.63) is 11.8 Å². The van der Waals surface area contributed by atoms with Gasteiger partial charge in [0.2, 0.25) is 0 Å². The molecule has 84 valence electrons. The van der Waals surface area contributed by atoms with Gasteiger partial charge in [-0.2, -0.15) is 0 Å². The molecule has 4 nitrogen and oxygen atoms in total. The monoisotopic (exact) mass is 223 g/mol. The van der Waals surface area contributed by atoms with Gasteiger partial charge in [0.15, 0.2) is 5.76 Å². The fraction of sp³-hybridized carbons (Fsp3) is 0.667. The van der Waals surface area contributed by atoms with Gasteiger partial charge in [0.1, 0.15) is 0 Å². The standard InChI is InChI=1S/C9H17NO3.ClH/c1-4-8(11)9(12)13-7-5-6-10(2)3;/h4,11H,5-7H2,1-3H3;1H. The van der Waals surface area contributed by atoms with Crippen molar-refractivity contribution in [3.8, 4) is 0 Å². The van der Waals surface area contributed by atoms with Gasteiger partial charge in [-0.3, -0.25) is 0 Å². The zero-order valence-electron chi connectivity index (χ0n) is 8.82. The molecule has 0 unspecified atom stereocenters. The minimum Gasteiger partial charge on any atom is -0.502 e. The van der Waals surface area contributed by atoms with Crippen LogP contribution in [0.1, 0.15) is 13.3 Å². The maximum atomic E-state index is 10.9. The molecule has 0 bridgehead atoms. The number of aliphatic hydroxyl groups excluding tert-OH is 1. The molecule has 0 aromatic heterocycles. The van der Waals surface area contributed by atoms with Gasteiger partial charge in [0.25, 0.3) is 0 Å². The molecule has 1 N–H and O–H groups in total. The van der Waals surface area contributed by atoms with Crippen LogP contribution in [0.5, 0.6) is 0 Å². The van der Waals surface area contributed by atoms with E-state index in [1.54, 1.807) is 6.92 Å². The minimum atomic E-state index is -0.652. The van der Waals surface area contributed by atoms with Crippen LogP contribution >= 0.6 is 12.4 Å². The lowest BCUT2D eigenvalue weighted by atomic mass is 10.4. The normalized spacial score (nSPS) is 11.0. The van der Waals surface area contributed by atoms with E-state index in [1.165, 1.54) is 6.08 Å². The van der Waals surface area contributed by atoms with Crippen LogP contribution in [0.3, 0.4) is 0 Å². The number of hydrogen-bond acceptors (Lipinski definition) is 4. The fourth-order valence-electron chi connectivity index (χ4n) is 0.737. The van der Waals surface area contributed by atoms with Crippen LogP contribution in [0.4, 0.5) is 0 Å². The number of aliphatic hydroxyl groups is 1. The Kier molecular flexibility index (Phi) is 9.93. The summed E-state index contributed by atoms with van der Waals surface area (Å²) >= 11 is 0. The van der Waals surface area contributed by atoms with Gasteiger partial charge < -0.3 is 14.7 Å². The summed E-state index contributed by atoms with van der Waals surface area (Å²) in [5.74, 6) is -0.980. The molecule has 0 rings (SSSR count). The minimum absolute atomic E-state index is 0. The van der Waals surface area contributed by atoms with E-state index in [1.807, 2.05) is 19.0 Å². The average molecular weight is 224 g/mol. The molecule has 0 heterocycles. The summed E-state index contributed by atoms with van der Waals surface area (Å²) in [6.45, 7) is 2.79. The van der Waals surface area contributed by atoms with E-state index < -0.39 is 5.97 Å². The molecule has 14 heavy (non-hydrogen) atoms. The summed E-state index contributed by atoms with van der Waals surface area (Å²) in [7, 11) is 3.90. The second-order valence-corrected chi connectivity index (χ2v) is 2.97. The molecule has 0 saturated heterocycles. The number of rotatable bonds is 5. The third kappa shape index (κ3) is 7.89. The van der Waals surface area contributed by atoms with Gasteiger partial charge in [0, 0.05) is 6.54 Å². The second kappa shape index (κ2) is 8.84. The molecule has 0 aliphatic rings. The van der Waals surface area contributed by atoms with E-state index in [0.717, 1.165) is 13.0 Å². The zero-order chi connectivity index (χ0) is 10.3. The lowest BCUT2D eigenvalue weighted by Gasteiger charge is -2.08. The highest BCUT2D eigenvalue weighted by Gasteiger charge is 2.06. The first kappa shape index (κ1) is 15.7. The molecule has 0 radical (unpaired) electrons. The Hall–Kier alpha value is -0.740. The van der Waals surface area contributed by atoms with Crippen molar-refractivity contribution in [3.63, 3.8) is 0 Å². The number of nitrogens with zero attached hydrogens (tertiary/aromatic N) is 1. The summed E-state index contributed by atoms with van der Waals surface area (Å²) in [4.78, 5) is 12.9. The van der Waals surface area contributed by atoms with Crippen LogP contribution in [0.25, 0.3) is 0 Å². The second-order valence-electron chi connectivity index (χ2n) is 2.97. The Labute approximate surface area is 91.0 Å². The van der Waals surface area contributed by atoms with E-state index in [9.17, 15) is 4.79 Å². The summed E-state index contributed by atoms with van der Waals surface area (Å²) in [6.07, 6.45) is 2.09. The van der Waals surface area contributed by atoms with Gasteiger partial charge in [0.05, 0.1) is 6.61 Å². The van der Waals surface area contributed by atoms with Crippen molar-refractivity contribution in [1.29, 1.82) is 0 Å². The highest BCUT2D eigenvalue weighted by molar-refractivity contribution is 5.85. The van der Waals surface area contributed by atoms with Gasteiger partial charge in [-0.1, -0.05) is 0 Å². The number of allylic oxidation sites excluding steroid dienone is 1. The molecule has 0 aromatic rings. The highest BCUT2D eigenvalue weighted by Crippen LogP contribution is 1.94. The Morgan fingerprint density at radius 2 is 2.07 bits per heavy atom. The first-order valence-electron chi connectivity index (χ1n) is 4.25. The maximum Gasteiger partial charge on any atom is 0.373 e. The molecule has 0 aliphatic carbocycles. The number of hydrogen-bond donors (Lipinski definition) is 1. The van der Waals surface area contributed by atoms with Crippen LogP contribution in [0, 0.1) is 0 Å². The summed E-state index contributed by atoms with van der Waals surface area (Å²) in [5.41, 5.74) is 0. The number of ether oxygens (including phenoxy) is 1. The summed E-state index contributed by atoms with van der Waals surface area (Å²) in [6, 6.07) is 0. The Morgan fingerprint density at radius 1 is 1.50 bits per heavy atom. The van der Waals surface area contributed by atoms with E-state index in [2.05, 4.69) is 0 Å². The van der Waals surface area contributed by atoms with Crippen molar-refractivity contribution >= 4 is 18.4 Å². The molecule has 5 heteroatoms. The van der Waals surface area contributed by atoms with Crippen molar-refractivity contribution in [1.82, 2.24) is 4.90 Å². The molecule has 0 aliphatic heterocycles. The zero-order valence-corrected chi connectivity index (χ0v) is 9.63. The van der Waals surface area contributed by atoms with Gasteiger partial charge in [-0.15, -0.1) is 12.4 Å². The number of halogens is 1. The number of carbonyl (C=O) groups is 1. The molecule has 0 atom stereocenters. The molecular weight excluding hydrogens is 206 g/mol. The molecule has 0 spiro atoms. The Balaban J connectivity index is 0. The first-order chi connectivity index (χ1) is 6.07. The lowest BCUT2D eigenvalue weighted by Crippen LogP contribution is -2.16. The van der Waals surface area contributed by atoms with Crippen molar-refractivity contribution < 1.29 is 14.6 Å². The molecule has 0 amide bonds. The van der Waals surface area contributed by atoms with Gasteiger partial charge >= 0.3 is 5.97 Å². The van der Waals surface area contributed by atoms with Crippen LogP contribution in [0.2, 0.25) is 0 Å². The van der Waals surface area contributed by atoms with E-state index in [4.69, 9.17) is 9.84 Å². The van der Waals surface area contributed by atoms with Crippen molar-refractivity contribution in [2.45, 2.75) is 13.3 Å². The summed E-state index contributed by atoms with van der Waals surface area (Å²) < 4.78 is 4.76. The third-order valence-electron chi connectivity index (χ3n) is 1.47. The topological polar surface area (TPSA) is 49.8 Å². The molecular formula is C9H18ClNO3. The van der Waals surface area contributed by atoms with Crippen molar-refractivity contribution in [2.24, 2.45) is 0 Å². The van der Waals surface area contributed by atoms with E-state index >= 15 is 0 Å². The largest absolute Gasteiger partial charge is 0.502 e. The highest BCUT2D eigenvalue weighted by atomic mass is 35.5. The number of carbonyl (C=O) groups excluding carboxylic acids is 1. The first-order valence-corrected chi connectivity index (χ1v) is 4.25. The molecule has 0 fully saturated rings. The maximum absolute atomic E-state index is 10.9. The predicted octanol–water partition coefficient (Wildman–Crippen LogP) is 1.36. The predicted molar refractivity (Wildman–Crippen MR) is 57.8 cm³/mol. The van der Waals surface area contributed by atoms with Crippen molar-refractivity contribution in [2.75, 3.05) is 27.2 Å². The summed E-state index contributed by atoms with van der Waals surface area (Å²) in [5, 5.41) is 8.91. The Morgan fingerprint density at radius 3 is 2.50 bits per heavy atom. The smallest absolute Gasteiger partial charge is 0.373 e. The number of esters is 1. The van der Waals surface area contributed by atoms with Crippen LogP contribution in [0.15, 0.2) is 11.8 Å². The van der Waals surface area contributed by atoms with E-state index in [0.29, 0.717) is 6.61 Å². The van der Waals surface area contributed by atoms with Crippen LogP contribution < -0.4 is 0 Å². The molecule has 0 saturated carbocycles. The SMILES string of the molecule is CC=C(O)C(=O)OCCCN(C)C.Cl. The lowest BCUT2D eigenvalue weighted by molar-refractivity contribution is -0.142. The Bertz CT molecular complexity index is 192. The average Bonchev–Trinajstić information content (AvgIpc) is 2.10. The van der Waals surface area contributed by atoms with E-state index in [-0.39, 0.29) is 18.2 Å². The van der Waals surface area contributed by atoms with Gasteiger partial charge in [-0.25, -0.2) is 4.79 Å². The van der Waals surface area contributed by atoms with Gasteiger partial charge in [-0.05, 0) is 33.5 Å². The van der Waals surface area contributed by atoms with Crippen LogP contribution in [-0.2, 0) is 9.53 Å². The third-order valence-corrected chi connectivity index (χ3v) is 1.47. The van der Waals surface area contributed by atoms with Crippen LogP contribution in [-0.4, -0.2) is 43.2 Å².